The van der Waals surface area contributed by atoms with Gasteiger partial charge in [0.2, 0.25) is 0 Å². The highest BCUT2D eigenvalue weighted by atomic mass is 16.4. The summed E-state index contributed by atoms with van der Waals surface area (Å²) in [6.07, 6.45) is 2.58. The van der Waals surface area contributed by atoms with Gasteiger partial charge in [-0.1, -0.05) is 60.7 Å². The minimum atomic E-state index is -0.982. The zero-order valence-corrected chi connectivity index (χ0v) is 14.7. The average molecular weight is 349 g/mol. The van der Waals surface area contributed by atoms with Crippen LogP contribution in [-0.4, -0.2) is 33.3 Å². The Kier molecular flexibility index (Phi) is 4.37. The van der Waals surface area contributed by atoms with Gasteiger partial charge in [0, 0.05) is 24.5 Å². The molecule has 2 aliphatic heterocycles. The summed E-state index contributed by atoms with van der Waals surface area (Å²) in [4.78, 5) is 27.1. The van der Waals surface area contributed by atoms with Gasteiger partial charge >= 0.3 is 5.97 Å². The lowest BCUT2D eigenvalue weighted by atomic mass is 9.72. The Balaban J connectivity index is 1.75. The van der Waals surface area contributed by atoms with Crippen LogP contribution in [0.2, 0.25) is 0 Å². The monoisotopic (exact) mass is 349 g/mol. The van der Waals surface area contributed by atoms with Crippen molar-refractivity contribution in [2.75, 3.05) is 0 Å². The molecule has 0 radical (unpaired) electrons. The topological polar surface area (TPSA) is 57.6 Å². The molecule has 0 aromatic heterocycles. The Bertz CT molecular complexity index is 805. The van der Waals surface area contributed by atoms with Gasteiger partial charge in [-0.15, -0.1) is 0 Å². The van der Waals surface area contributed by atoms with Gasteiger partial charge in [-0.3, -0.25) is 14.5 Å². The number of ketones is 1. The molecule has 2 heterocycles. The van der Waals surface area contributed by atoms with E-state index in [1.807, 2.05) is 48.5 Å². The zero-order valence-electron chi connectivity index (χ0n) is 14.7. The van der Waals surface area contributed by atoms with E-state index in [2.05, 4.69) is 17.0 Å². The number of carbonyl (C=O) groups is 2. The molecule has 4 nitrogen and oxygen atoms in total. The highest BCUT2D eigenvalue weighted by molar-refractivity contribution is 6.01. The molecule has 1 N–H and O–H groups in total. The normalized spacial score (nSPS) is 28.2. The van der Waals surface area contributed by atoms with E-state index in [0.29, 0.717) is 19.4 Å². The molecule has 2 fully saturated rings. The van der Waals surface area contributed by atoms with Gasteiger partial charge in [0.15, 0.2) is 5.78 Å². The minimum absolute atomic E-state index is 0.111. The highest BCUT2D eigenvalue weighted by Crippen LogP contribution is 2.48. The molecule has 0 spiro atoms. The van der Waals surface area contributed by atoms with E-state index in [-0.39, 0.29) is 11.8 Å². The summed E-state index contributed by atoms with van der Waals surface area (Å²) >= 11 is 0. The van der Waals surface area contributed by atoms with Crippen LogP contribution in [0.15, 0.2) is 60.7 Å². The molecule has 4 rings (SSSR count). The number of carbonyl (C=O) groups excluding carboxylic acids is 1. The second-order valence-electron chi connectivity index (χ2n) is 7.51. The first-order valence-electron chi connectivity index (χ1n) is 9.20. The molecule has 2 aromatic rings. The van der Waals surface area contributed by atoms with E-state index >= 15 is 0 Å². The van der Waals surface area contributed by atoms with E-state index in [1.165, 1.54) is 0 Å². The van der Waals surface area contributed by atoms with Crippen LogP contribution in [0.5, 0.6) is 0 Å². The number of Topliss-reactive ketones (excluding diaryl/α,β-unsaturated/α-hetero) is 1. The predicted molar refractivity (Wildman–Crippen MR) is 98.6 cm³/mol. The molecule has 2 bridgehead atoms. The number of nitrogens with zero attached hydrogens (tertiary/aromatic N) is 1. The van der Waals surface area contributed by atoms with Crippen LogP contribution in [0, 0.1) is 5.92 Å². The number of piperidine rings is 1. The van der Waals surface area contributed by atoms with Crippen LogP contribution in [-0.2, 0) is 22.6 Å². The molecule has 4 heteroatoms. The molecule has 2 aliphatic rings. The first-order valence-corrected chi connectivity index (χ1v) is 9.20. The Morgan fingerprint density at radius 3 is 2.27 bits per heavy atom. The Hall–Kier alpha value is -2.46. The average Bonchev–Trinajstić information content (AvgIpc) is 2.86. The maximum atomic E-state index is 12.7. The fourth-order valence-electron chi connectivity index (χ4n) is 4.93. The molecule has 0 amide bonds. The van der Waals surface area contributed by atoms with Crippen molar-refractivity contribution in [3.05, 3.63) is 71.8 Å². The number of carboxylic acid groups (broad SMARTS) is 1. The van der Waals surface area contributed by atoms with Crippen LogP contribution in [0.25, 0.3) is 0 Å². The van der Waals surface area contributed by atoms with Crippen LogP contribution in [0.4, 0.5) is 0 Å². The van der Waals surface area contributed by atoms with Gasteiger partial charge < -0.3 is 5.11 Å². The van der Waals surface area contributed by atoms with Gasteiger partial charge in [-0.05, 0) is 30.4 Å². The van der Waals surface area contributed by atoms with Crippen molar-refractivity contribution in [3.8, 4) is 0 Å². The van der Waals surface area contributed by atoms with Crippen LogP contribution in [0.1, 0.15) is 30.4 Å². The molecule has 26 heavy (non-hydrogen) atoms. The SMILES string of the molecule is O=C(O)C1C(=O)C[C@@H]2CC[C@]1(Cc1ccccc1)N2Cc1ccccc1. The molecular formula is C22H23NO3. The van der Waals surface area contributed by atoms with Crippen molar-refractivity contribution in [1.29, 1.82) is 0 Å². The Labute approximate surface area is 153 Å². The van der Waals surface area contributed by atoms with Gasteiger partial charge in [0.25, 0.3) is 0 Å². The quantitative estimate of drug-likeness (QED) is 0.842. The summed E-state index contributed by atoms with van der Waals surface area (Å²) in [5.74, 6) is -2.05. The van der Waals surface area contributed by atoms with E-state index in [1.54, 1.807) is 0 Å². The second-order valence-corrected chi connectivity index (χ2v) is 7.51. The lowest BCUT2D eigenvalue weighted by Gasteiger charge is -2.48. The van der Waals surface area contributed by atoms with Crippen molar-refractivity contribution in [2.45, 2.75) is 43.8 Å². The number of rotatable bonds is 5. The van der Waals surface area contributed by atoms with Crippen molar-refractivity contribution >= 4 is 11.8 Å². The summed E-state index contributed by atoms with van der Waals surface area (Å²) in [5.41, 5.74) is 1.62. The third-order valence-corrected chi connectivity index (χ3v) is 6.02. The Morgan fingerprint density at radius 1 is 1.04 bits per heavy atom. The van der Waals surface area contributed by atoms with Crippen molar-refractivity contribution in [1.82, 2.24) is 4.90 Å². The van der Waals surface area contributed by atoms with Gasteiger partial charge in [-0.25, -0.2) is 0 Å². The third kappa shape index (κ3) is 2.84. The van der Waals surface area contributed by atoms with Crippen LogP contribution < -0.4 is 0 Å². The molecule has 0 aliphatic carbocycles. The van der Waals surface area contributed by atoms with Crippen LogP contribution in [0.3, 0.4) is 0 Å². The third-order valence-electron chi connectivity index (χ3n) is 6.02. The van der Waals surface area contributed by atoms with Crippen LogP contribution >= 0.6 is 0 Å². The molecule has 3 atom stereocenters. The summed E-state index contributed by atoms with van der Waals surface area (Å²) < 4.78 is 0. The first kappa shape index (κ1) is 17.0. The number of benzene rings is 2. The summed E-state index contributed by atoms with van der Waals surface area (Å²) in [6.45, 7) is 0.690. The minimum Gasteiger partial charge on any atom is -0.481 e. The van der Waals surface area contributed by atoms with Crippen molar-refractivity contribution in [3.63, 3.8) is 0 Å². The van der Waals surface area contributed by atoms with E-state index in [9.17, 15) is 14.7 Å². The zero-order chi connectivity index (χ0) is 18.1. The maximum Gasteiger partial charge on any atom is 0.315 e. The number of carboxylic acids is 1. The van der Waals surface area contributed by atoms with Crippen molar-refractivity contribution < 1.29 is 14.7 Å². The number of hydrogen-bond donors (Lipinski definition) is 1. The first-order chi connectivity index (χ1) is 12.6. The summed E-state index contributed by atoms with van der Waals surface area (Å²) in [5, 5.41) is 9.91. The number of fused-ring (bicyclic) bond motifs is 2. The standard InChI is InChI=1S/C22H23NO3/c24-19-13-18-11-12-22(20(19)21(25)26,14-16-7-3-1-4-8-16)23(18)15-17-9-5-2-6-10-17/h1-10,18,20H,11-15H2,(H,25,26)/t18-,20?,22+/m0/s1. The second kappa shape index (κ2) is 6.69. The fourth-order valence-corrected chi connectivity index (χ4v) is 4.93. The lowest BCUT2D eigenvalue weighted by molar-refractivity contribution is -0.157. The Morgan fingerprint density at radius 2 is 1.65 bits per heavy atom. The van der Waals surface area contributed by atoms with Gasteiger partial charge in [0.05, 0.1) is 0 Å². The molecule has 2 aromatic carbocycles. The smallest absolute Gasteiger partial charge is 0.315 e. The largest absolute Gasteiger partial charge is 0.481 e. The summed E-state index contributed by atoms with van der Waals surface area (Å²) in [7, 11) is 0. The maximum absolute atomic E-state index is 12.7. The molecule has 0 saturated carbocycles. The predicted octanol–water partition coefficient (Wildman–Crippen LogP) is 3.31. The van der Waals surface area contributed by atoms with E-state index < -0.39 is 17.4 Å². The summed E-state index contributed by atoms with van der Waals surface area (Å²) in [6, 6.07) is 20.2. The van der Waals surface area contributed by atoms with Gasteiger partial charge in [0.1, 0.15) is 5.92 Å². The van der Waals surface area contributed by atoms with E-state index in [0.717, 1.165) is 24.0 Å². The molecule has 134 valence electrons. The molecule has 1 unspecified atom stereocenters. The molecular weight excluding hydrogens is 326 g/mol. The molecule has 2 saturated heterocycles. The van der Waals surface area contributed by atoms with Crippen molar-refractivity contribution in [2.24, 2.45) is 5.92 Å². The van der Waals surface area contributed by atoms with Gasteiger partial charge in [-0.2, -0.15) is 0 Å². The highest BCUT2D eigenvalue weighted by Gasteiger charge is 2.60. The number of hydrogen-bond acceptors (Lipinski definition) is 3. The lowest BCUT2D eigenvalue weighted by Crippen LogP contribution is -2.62. The number of aliphatic carboxylic acids is 1. The fraction of sp³-hybridized carbons (Fsp3) is 0.364. The van der Waals surface area contributed by atoms with E-state index in [4.69, 9.17) is 0 Å².